The predicted molar refractivity (Wildman–Crippen MR) is 566 cm³/mol. The number of hydrogen-bond acceptors (Lipinski definition) is 20. The molecule has 3 atom stereocenters. The molecule has 5 aromatic carbocycles. The smallest absolute Gasteiger partial charge is 0.133 e. The van der Waals surface area contributed by atoms with E-state index in [1.807, 2.05) is 154 Å². The van der Waals surface area contributed by atoms with E-state index in [-0.39, 0.29) is 5.41 Å². The van der Waals surface area contributed by atoms with Gasteiger partial charge in [0.1, 0.15) is 44.9 Å². The number of halogens is 4. The molecule has 28 heteroatoms. The van der Waals surface area contributed by atoms with Crippen molar-refractivity contribution in [3.05, 3.63) is 330 Å². The van der Waals surface area contributed by atoms with Crippen LogP contribution in [0.4, 0.5) is 0 Å². The first-order valence-corrected chi connectivity index (χ1v) is 54.3. The first kappa shape index (κ1) is 106. The number of thioether (sulfide) groups is 2. The van der Waals surface area contributed by atoms with Crippen LogP contribution < -0.4 is 14.2 Å². The lowest BCUT2D eigenvalue weighted by atomic mass is 9.87. The summed E-state index contributed by atoms with van der Waals surface area (Å²) in [7, 11) is 3.74. The fraction of sp³-hybridized carbons (Fsp3) is 0.330. The van der Waals surface area contributed by atoms with Gasteiger partial charge in [-0.2, -0.15) is 10.2 Å². The maximum Gasteiger partial charge on any atom is 0.133 e. The monoisotopic (exact) mass is 2150 g/mol. The topological polar surface area (TPSA) is 239 Å². The van der Waals surface area contributed by atoms with Crippen LogP contribution in [0.25, 0.3) is 39.3 Å². The second kappa shape index (κ2) is 55.5. The molecule has 0 bridgehead atoms. The predicted octanol–water partition coefficient (Wildman–Crippen LogP) is 26.6. The molecule has 1 aliphatic rings. The molecule has 21 nitrogen and oxygen atoms in total. The van der Waals surface area contributed by atoms with Crippen LogP contribution >= 0.6 is 93.9 Å². The minimum atomic E-state index is -1.25. The SMILES string of the molecule is Brc1ccc(I)cn1.COc1ccc(Cn2nncc2-c2ccc(Br)nc2)cc1.COc1ccc(Cn2nncc2-c2ccc(CCC(C)CCC(=O)CC(C)(C)C)nc2)cc1.COc1ccc(Cn2nncc2-c2ccc(CCC(C)CCc3ccc(SC)cc3)nc2)cc1.CSc1ccc(CCC(C)CCc2ccc(C3=CN=NC3)cn2)cc1.C[Si](C)(C)C#Cc1ccc(Br)nc1. The van der Waals surface area contributed by atoms with Crippen molar-refractivity contribution in [1.29, 1.82) is 0 Å². The molecule has 0 saturated heterocycles. The second-order valence-corrected chi connectivity index (χ2v) is 45.3. The quantitative estimate of drug-likeness (QED) is 0.0120. The normalized spacial score (nSPS) is 12.1. The number of ether oxygens (including phenoxy) is 3. The minimum Gasteiger partial charge on any atom is -0.497 e. The van der Waals surface area contributed by atoms with Gasteiger partial charge < -0.3 is 14.2 Å². The van der Waals surface area contributed by atoms with Gasteiger partial charge in [0.05, 0.1) is 89.4 Å². The number of aryl methyl sites for hydroxylation is 5. The summed E-state index contributed by atoms with van der Waals surface area (Å²) in [5.41, 5.74) is 22.1. The lowest BCUT2D eigenvalue weighted by molar-refractivity contribution is -0.121. The highest BCUT2D eigenvalue weighted by atomic mass is 127. The minimum absolute atomic E-state index is 0.0749. The van der Waals surface area contributed by atoms with Crippen molar-refractivity contribution in [3.63, 3.8) is 0 Å². The molecule has 0 aliphatic carbocycles. The highest BCUT2D eigenvalue weighted by Crippen LogP contribution is 2.30. The molecule has 3 unspecified atom stereocenters. The summed E-state index contributed by atoms with van der Waals surface area (Å²) in [6.07, 6.45) is 35.9. The third kappa shape index (κ3) is 38.0. The Morgan fingerprint density at radius 3 is 1.11 bits per heavy atom. The first-order valence-electron chi connectivity index (χ1n) is 44.9. The van der Waals surface area contributed by atoms with E-state index in [1.54, 1.807) is 75.8 Å². The Bertz CT molecular complexity index is 5940. The summed E-state index contributed by atoms with van der Waals surface area (Å²) >= 11 is 15.6. The molecule has 9 aromatic heterocycles. The number of hydrogen-bond donors (Lipinski definition) is 0. The van der Waals surface area contributed by atoms with E-state index in [4.69, 9.17) is 19.2 Å². The number of nitrogens with zero attached hydrogens (tertiary/aromatic N) is 17. The molecule has 0 amide bonds. The van der Waals surface area contributed by atoms with Crippen molar-refractivity contribution >= 4 is 113 Å². The van der Waals surface area contributed by atoms with Crippen LogP contribution in [0, 0.1) is 38.2 Å². The number of rotatable bonds is 34. The highest BCUT2D eigenvalue weighted by molar-refractivity contribution is 14.1. The van der Waals surface area contributed by atoms with E-state index < -0.39 is 8.07 Å². The Hall–Kier alpha value is -10.5. The van der Waals surface area contributed by atoms with Crippen molar-refractivity contribution in [2.75, 3.05) is 40.4 Å². The van der Waals surface area contributed by atoms with Gasteiger partial charge in [0.15, 0.2) is 0 Å². The van der Waals surface area contributed by atoms with Gasteiger partial charge in [-0.05, 0) is 337 Å². The lowest BCUT2D eigenvalue weighted by Gasteiger charge is -2.17. The summed E-state index contributed by atoms with van der Waals surface area (Å²) in [5, 5.41) is 32.8. The fourth-order valence-electron chi connectivity index (χ4n) is 13.9. The third-order valence-electron chi connectivity index (χ3n) is 21.8. The number of aromatic nitrogens is 15. The summed E-state index contributed by atoms with van der Waals surface area (Å²) in [6, 6.07) is 66.2. The van der Waals surface area contributed by atoms with E-state index in [2.05, 4.69) is 307 Å². The summed E-state index contributed by atoms with van der Waals surface area (Å²) < 4.78 is 25.0. The molecule has 10 heterocycles. The number of benzene rings is 5. The summed E-state index contributed by atoms with van der Waals surface area (Å²) in [5.74, 6) is 7.91. The molecule has 0 saturated carbocycles. The number of carbonyl (C=O) groups is 1. The van der Waals surface area contributed by atoms with Gasteiger partial charge in [-0.25, -0.2) is 29.0 Å². The number of pyridine rings is 6. The van der Waals surface area contributed by atoms with Crippen molar-refractivity contribution in [2.45, 2.75) is 174 Å². The van der Waals surface area contributed by atoms with Gasteiger partial charge in [-0.1, -0.05) is 149 Å². The Labute approximate surface area is 839 Å². The maximum absolute atomic E-state index is 12.1. The molecule has 0 spiro atoms. The Morgan fingerprint density at radius 1 is 0.433 bits per heavy atom. The second-order valence-electron chi connectivity index (χ2n) is 35.1. The molecular formula is C106H121Br3IN17O4S2Si. The number of carbonyl (C=O) groups excluding carboxylic acids is 1. The zero-order valence-electron chi connectivity index (χ0n) is 79.1. The number of azo groups is 1. The lowest BCUT2D eigenvalue weighted by Crippen LogP contribution is -2.16. The van der Waals surface area contributed by atoms with E-state index in [0.717, 1.165) is 165 Å². The van der Waals surface area contributed by atoms with E-state index >= 15 is 0 Å². The molecule has 14 aromatic rings. The highest BCUT2D eigenvalue weighted by Gasteiger charge is 2.19. The van der Waals surface area contributed by atoms with Crippen LogP contribution in [0.2, 0.25) is 19.6 Å². The van der Waals surface area contributed by atoms with Crippen molar-refractivity contribution in [3.8, 4) is 62.5 Å². The largest absolute Gasteiger partial charge is 0.497 e. The molecule has 698 valence electrons. The van der Waals surface area contributed by atoms with E-state index in [0.29, 0.717) is 62.6 Å². The zero-order chi connectivity index (χ0) is 95.6. The number of Topliss-reactive ketones (excluding diaryl/α,β-unsaturated/α-hetero) is 1. The van der Waals surface area contributed by atoms with Crippen molar-refractivity contribution < 1.29 is 19.0 Å². The van der Waals surface area contributed by atoms with Gasteiger partial charge in [-0.15, -0.1) is 44.4 Å². The molecule has 134 heavy (non-hydrogen) atoms. The third-order valence-corrected chi connectivity index (χ3v) is 26.2. The van der Waals surface area contributed by atoms with E-state index in [9.17, 15) is 4.79 Å². The van der Waals surface area contributed by atoms with Gasteiger partial charge in [0, 0.05) is 108 Å². The van der Waals surface area contributed by atoms with Crippen LogP contribution in [0.5, 0.6) is 17.2 Å². The Balaban J connectivity index is 0.000000174. The van der Waals surface area contributed by atoms with Gasteiger partial charge in [-0.3, -0.25) is 19.7 Å². The van der Waals surface area contributed by atoms with Crippen molar-refractivity contribution in [2.24, 2.45) is 33.4 Å². The molecule has 15 rings (SSSR count). The van der Waals surface area contributed by atoms with Crippen LogP contribution in [0.1, 0.15) is 149 Å². The first-order chi connectivity index (χ1) is 64.6. The number of ketones is 1. The maximum atomic E-state index is 12.1. The zero-order valence-corrected chi connectivity index (χ0v) is 88.6. The average molecular weight is 2160 g/mol. The van der Waals surface area contributed by atoms with Gasteiger partial charge in [0.25, 0.3) is 0 Å². The molecule has 0 radical (unpaired) electrons. The summed E-state index contributed by atoms with van der Waals surface area (Å²) in [4.78, 5) is 41.1. The Kier molecular flexibility index (Phi) is 43.7. The average Bonchev–Trinajstić information content (AvgIpc) is 1.72. The van der Waals surface area contributed by atoms with Gasteiger partial charge in [0.2, 0.25) is 0 Å². The van der Waals surface area contributed by atoms with Crippen LogP contribution in [-0.2, 0) is 56.5 Å². The van der Waals surface area contributed by atoms with Crippen LogP contribution in [0.3, 0.4) is 0 Å². The van der Waals surface area contributed by atoms with Crippen LogP contribution in [0.15, 0.2) is 290 Å². The van der Waals surface area contributed by atoms with E-state index in [1.165, 1.54) is 45.9 Å². The summed E-state index contributed by atoms with van der Waals surface area (Å²) in [6.45, 7) is 22.6. The van der Waals surface area contributed by atoms with Crippen LogP contribution in [-0.4, -0.2) is 129 Å². The molecule has 0 fully saturated rings. The molecule has 1 aliphatic heterocycles. The number of methoxy groups -OCH3 is 3. The van der Waals surface area contributed by atoms with Crippen molar-refractivity contribution in [1.82, 2.24) is 74.9 Å². The van der Waals surface area contributed by atoms with Gasteiger partial charge >= 0.3 is 0 Å². The standard InChI is InChI=1S/C28H32N4OS.C27H36N4O2.C21H25N3S.C15H13BrN4O.C10H12BrNSi.C5H3BrIN/c1-21(4-6-22-9-16-27(34-3)17-10-22)5-12-25-13-11-24(18-29-25)28-19-30-31-32(28)20-23-7-14-26(33-2)15-8-23;1-20(7-13-24(32)16-27(2,3)4)6-11-23-12-10-22(17-28-23)26-18-29-30-31(26)19-21-8-14-25(33-5)15-9-21;1-16(3-5-17-6-11-21(25-2)12-7-17)4-9-20-10-8-18(13-22-20)19-14-23-24-15-19;1-21-13-5-2-11(3-6-13)10-20-14(9-18-19-20)12-4-7-15(16)17-8-12;1-13(2,3)7-6-9-4-5-10(11)12-8-9;6-5-2-1-4(7)3-8-5/h7-11,13-19,21H,4-6,12,20H2,1-3H3;8-10,12,14-15,17-18,20H,6-7,11,13,16,19H2,1-5H3;6-8,10-14,16H,3-5,9,15H2,1-2H3;2-9H,10H2,1H3;4-5,8H,1-3H3;1-3H. The molecular weight excluding hydrogens is 2030 g/mol. The fourth-order valence-corrected chi connectivity index (χ4v) is 16.2. The molecule has 0 N–H and O–H groups in total. The Morgan fingerprint density at radius 2 is 0.791 bits per heavy atom.